The summed E-state index contributed by atoms with van der Waals surface area (Å²) in [4.78, 5) is 25.1. The normalized spacial score (nSPS) is 11.4. The Morgan fingerprint density at radius 1 is 0.925 bits per heavy atom. The molecule has 7 aromatic rings. The Balaban J connectivity index is 1.43. The second-order valence-corrected chi connectivity index (χ2v) is 9.84. The first-order valence-corrected chi connectivity index (χ1v) is 13.1. The van der Waals surface area contributed by atoms with Gasteiger partial charge < -0.3 is 9.72 Å². The minimum absolute atomic E-state index is 0.0238. The van der Waals surface area contributed by atoms with Gasteiger partial charge in [0.05, 0.1) is 30.2 Å². The molecule has 0 spiro atoms. The van der Waals surface area contributed by atoms with E-state index in [1.165, 1.54) is 0 Å². The first kappa shape index (κ1) is 23.8. The number of carbonyl (C=O) groups excluding carboxylic acids is 1. The molecule has 40 heavy (non-hydrogen) atoms. The monoisotopic (exact) mass is 523 g/mol. The van der Waals surface area contributed by atoms with Gasteiger partial charge in [-0.2, -0.15) is 5.10 Å². The third-order valence-electron chi connectivity index (χ3n) is 7.34. The summed E-state index contributed by atoms with van der Waals surface area (Å²) in [6.45, 7) is 2.14. The number of hydrogen-bond donors (Lipinski definition) is 1. The lowest BCUT2D eigenvalue weighted by atomic mass is 9.99. The number of imidazole rings is 1. The van der Waals surface area contributed by atoms with Crippen LogP contribution in [0.4, 0.5) is 0 Å². The van der Waals surface area contributed by atoms with Gasteiger partial charge in [0.15, 0.2) is 11.6 Å². The molecule has 0 radical (unpaired) electrons. The molecule has 0 saturated carbocycles. The van der Waals surface area contributed by atoms with Crippen molar-refractivity contribution in [1.29, 1.82) is 0 Å². The minimum Gasteiger partial charge on any atom is -0.497 e. The van der Waals surface area contributed by atoms with E-state index < -0.39 is 0 Å². The van der Waals surface area contributed by atoms with E-state index >= 15 is 0 Å². The molecule has 0 aliphatic heterocycles. The topological polar surface area (TPSA) is 85.7 Å². The number of para-hydroxylation sites is 1. The maximum Gasteiger partial charge on any atom is 0.162 e. The number of hydrogen-bond acceptors (Lipinski definition) is 5. The first-order chi connectivity index (χ1) is 19.6. The zero-order chi connectivity index (χ0) is 27.2. The van der Waals surface area contributed by atoms with Crippen LogP contribution >= 0.6 is 0 Å². The molecular weight excluding hydrogens is 498 g/mol. The summed E-state index contributed by atoms with van der Waals surface area (Å²) in [5, 5.41) is 8.24. The number of Topliss-reactive ketones (excluding diaryl/α,β-unsaturated/α-hetero) is 1. The fraction of sp³-hybridized carbons (Fsp3) is 0.0909. The maximum absolute atomic E-state index is 12.3. The predicted octanol–water partition coefficient (Wildman–Crippen LogP) is 7.05. The quantitative estimate of drug-likeness (QED) is 0.236. The molecule has 0 amide bonds. The van der Waals surface area contributed by atoms with E-state index in [-0.39, 0.29) is 5.78 Å². The number of ether oxygens (including phenoxy) is 1. The molecule has 0 unspecified atom stereocenters. The zero-order valence-electron chi connectivity index (χ0n) is 22.1. The molecule has 0 atom stereocenters. The number of aromatic amines is 1. The van der Waals surface area contributed by atoms with Gasteiger partial charge >= 0.3 is 0 Å². The summed E-state index contributed by atoms with van der Waals surface area (Å²) in [5.74, 6) is 1.41. The number of rotatable bonds is 6. The van der Waals surface area contributed by atoms with E-state index in [2.05, 4.69) is 40.3 Å². The van der Waals surface area contributed by atoms with E-state index in [4.69, 9.17) is 14.8 Å². The van der Waals surface area contributed by atoms with Crippen LogP contribution in [-0.4, -0.2) is 37.6 Å². The molecule has 3 aromatic heterocycles. The van der Waals surface area contributed by atoms with Gasteiger partial charge in [0.1, 0.15) is 11.4 Å². The molecular formula is C33H25N5O2. The Kier molecular flexibility index (Phi) is 5.63. The summed E-state index contributed by atoms with van der Waals surface area (Å²) in [5.41, 5.74) is 6.94. The van der Waals surface area contributed by atoms with Gasteiger partial charge in [0.25, 0.3) is 0 Å². The highest BCUT2D eigenvalue weighted by molar-refractivity contribution is 6.06. The Morgan fingerprint density at radius 3 is 2.60 bits per heavy atom. The Bertz CT molecular complexity index is 2050. The fourth-order valence-electron chi connectivity index (χ4n) is 5.32. The van der Waals surface area contributed by atoms with Crippen LogP contribution in [0.15, 0.2) is 97.3 Å². The second-order valence-electron chi connectivity index (χ2n) is 9.84. The number of benzene rings is 4. The van der Waals surface area contributed by atoms with E-state index in [1.807, 2.05) is 65.6 Å². The van der Waals surface area contributed by atoms with Crippen LogP contribution in [0.1, 0.15) is 22.8 Å². The average Bonchev–Trinajstić information content (AvgIpc) is 3.58. The number of H-pyrrole nitrogens is 1. The van der Waals surface area contributed by atoms with Gasteiger partial charge in [-0.1, -0.05) is 48.5 Å². The second kappa shape index (κ2) is 9.47. The lowest BCUT2D eigenvalue weighted by molar-refractivity contribution is 0.101. The first-order valence-electron chi connectivity index (χ1n) is 13.1. The summed E-state index contributed by atoms with van der Waals surface area (Å²) in [6, 6.07) is 28.2. The van der Waals surface area contributed by atoms with Gasteiger partial charge in [0, 0.05) is 34.3 Å². The molecule has 0 saturated heterocycles. The average molecular weight is 524 g/mol. The highest BCUT2D eigenvalue weighted by Gasteiger charge is 2.19. The predicted molar refractivity (Wildman–Crippen MR) is 158 cm³/mol. The summed E-state index contributed by atoms with van der Waals surface area (Å²) in [6.07, 6.45) is 3.79. The van der Waals surface area contributed by atoms with Gasteiger partial charge in [-0.15, -0.1) is 0 Å². The van der Waals surface area contributed by atoms with Crippen molar-refractivity contribution in [2.75, 3.05) is 7.11 Å². The van der Waals surface area contributed by atoms with Crippen molar-refractivity contribution in [3.05, 3.63) is 108 Å². The lowest BCUT2D eigenvalue weighted by Gasteiger charge is -2.08. The van der Waals surface area contributed by atoms with Crippen molar-refractivity contribution in [1.82, 2.24) is 24.7 Å². The number of aromatic nitrogens is 5. The molecule has 0 aliphatic rings. The highest BCUT2D eigenvalue weighted by Crippen LogP contribution is 2.35. The van der Waals surface area contributed by atoms with E-state index in [0.717, 1.165) is 55.3 Å². The molecule has 7 heteroatoms. The number of methoxy groups -OCH3 is 1. The van der Waals surface area contributed by atoms with Crippen LogP contribution in [0.3, 0.4) is 0 Å². The number of carbonyl (C=O) groups is 1. The third-order valence-corrected chi connectivity index (χ3v) is 7.34. The van der Waals surface area contributed by atoms with Gasteiger partial charge in [-0.25, -0.2) is 4.98 Å². The Hall–Kier alpha value is -5.30. The summed E-state index contributed by atoms with van der Waals surface area (Å²) >= 11 is 0. The highest BCUT2D eigenvalue weighted by atomic mass is 16.5. The van der Waals surface area contributed by atoms with Crippen molar-refractivity contribution in [2.45, 2.75) is 13.5 Å². The van der Waals surface area contributed by atoms with Gasteiger partial charge in [0.2, 0.25) is 0 Å². The number of nitrogens with zero attached hydrogens (tertiary/aromatic N) is 4. The van der Waals surface area contributed by atoms with Crippen LogP contribution in [0.5, 0.6) is 5.75 Å². The summed E-state index contributed by atoms with van der Waals surface area (Å²) < 4.78 is 7.33. The van der Waals surface area contributed by atoms with Crippen molar-refractivity contribution < 1.29 is 9.53 Å². The zero-order valence-corrected chi connectivity index (χ0v) is 22.1. The standard InChI is InChI=1S/C33H25N5O2/c1-20(39)25-8-5-9-29-31(25)36-33(35-29)32-27-16-22(28-18-34-17-23-6-3-4-7-26(23)28)12-15-30(27)38(37-32)19-21-10-13-24(40-2)14-11-21/h3-18H,19H2,1-2H3,(H,35,36). The van der Waals surface area contributed by atoms with Crippen molar-refractivity contribution in [3.8, 4) is 28.4 Å². The van der Waals surface area contributed by atoms with Gasteiger partial charge in [-0.3, -0.25) is 14.5 Å². The fourth-order valence-corrected chi connectivity index (χ4v) is 5.32. The van der Waals surface area contributed by atoms with E-state index in [0.29, 0.717) is 23.4 Å². The SMILES string of the molecule is COc1ccc(Cn2nc(-c3nc4c(C(C)=O)cccc4[nH]3)c3cc(-c4cncc5ccccc45)ccc32)cc1. The molecule has 1 N–H and O–H groups in total. The van der Waals surface area contributed by atoms with Crippen LogP contribution in [0.25, 0.3) is 55.4 Å². The molecule has 7 nitrogen and oxygen atoms in total. The molecule has 194 valence electrons. The van der Waals surface area contributed by atoms with Crippen LogP contribution < -0.4 is 4.74 Å². The number of ketones is 1. The Morgan fingerprint density at radius 2 is 1.77 bits per heavy atom. The maximum atomic E-state index is 12.3. The largest absolute Gasteiger partial charge is 0.497 e. The van der Waals surface area contributed by atoms with Crippen molar-refractivity contribution in [3.63, 3.8) is 0 Å². The lowest BCUT2D eigenvalue weighted by Crippen LogP contribution is -2.02. The van der Waals surface area contributed by atoms with Crippen molar-refractivity contribution in [2.24, 2.45) is 0 Å². The molecule has 0 fully saturated rings. The van der Waals surface area contributed by atoms with Crippen molar-refractivity contribution >= 4 is 38.5 Å². The Labute approximate surface area is 230 Å². The number of nitrogens with one attached hydrogen (secondary N) is 1. The smallest absolute Gasteiger partial charge is 0.162 e. The third kappa shape index (κ3) is 3.99. The molecule has 3 heterocycles. The number of pyridine rings is 1. The van der Waals surface area contributed by atoms with Gasteiger partial charge in [-0.05, 0) is 59.8 Å². The van der Waals surface area contributed by atoms with Crippen LogP contribution in [0, 0.1) is 0 Å². The van der Waals surface area contributed by atoms with Crippen LogP contribution in [0.2, 0.25) is 0 Å². The van der Waals surface area contributed by atoms with Crippen LogP contribution in [-0.2, 0) is 6.54 Å². The molecule has 4 aromatic carbocycles. The molecule has 0 bridgehead atoms. The minimum atomic E-state index is -0.0238. The number of fused-ring (bicyclic) bond motifs is 3. The van der Waals surface area contributed by atoms with E-state index in [1.54, 1.807) is 20.1 Å². The summed E-state index contributed by atoms with van der Waals surface area (Å²) in [7, 11) is 1.66. The molecule has 0 aliphatic carbocycles. The van der Waals surface area contributed by atoms with E-state index in [9.17, 15) is 4.79 Å². The molecule has 7 rings (SSSR count).